The molecular formula is C28H27FN4O6. The number of hydrogen-bond acceptors (Lipinski definition) is 7. The van der Waals surface area contributed by atoms with Crippen molar-refractivity contribution < 1.29 is 33.4 Å². The second-order valence-electron chi connectivity index (χ2n) is 9.87. The van der Waals surface area contributed by atoms with E-state index in [4.69, 9.17) is 9.47 Å². The van der Waals surface area contributed by atoms with Crippen LogP contribution in [0.25, 0.3) is 27.9 Å². The third kappa shape index (κ3) is 5.42. The minimum atomic E-state index is -1.17. The second kappa shape index (κ2) is 10.2. The number of methoxy groups -OCH3 is 1. The summed E-state index contributed by atoms with van der Waals surface area (Å²) in [5.74, 6) is -2.14. The molecule has 4 rings (SSSR count). The molecule has 1 N–H and O–H groups in total. The number of halogens is 1. The Morgan fingerprint density at radius 1 is 1.05 bits per heavy atom. The largest absolute Gasteiger partial charge is 0.496 e. The highest BCUT2D eigenvalue weighted by atomic mass is 19.1. The van der Waals surface area contributed by atoms with E-state index in [0.29, 0.717) is 22.3 Å². The number of carboxylic acids is 1. The van der Waals surface area contributed by atoms with Crippen molar-refractivity contribution in [3.63, 3.8) is 0 Å². The van der Waals surface area contributed by atoms with Gasteiger partial charge >= 0.3 is 12.1 Å². The van der Waals surface area contributed by atoms with Crippen molar-refractivity contribution >= 4 is 23.5 Å². The Morgan fingerprint density at radius 3 is 2.31 bits per heavy atom. The maximum Gasteiger partial charge on any atom is 0.417 e. The van der Waals surface area contributed by atoms with E-state index in [-0.39, 0.29) is 28.1 Å². The smallest absolute Gasteiger partial charge is 0.417 e. The van der Waals surface area contributed by atoms with Gasteiger partial charge in [-0.25, -0.2) is 18.9 Å². The van der Waals surface area contributed by atoms with Gasteiger partial charge in [-0.15, -0.1) is 5.10 Å². The van der Waals surface area contributed by atoms with Gasteiger partial charge < -0.3 is 14.6 Å². The number of aryl methyl sites for hydroxylation is 1. The predicted molar refractivity (Wildman–Crippen MR) is 140 cm³/mol. The average molecular weight is 535 g/mol. The first-order valence-corrected chi connectivity index (χ1v) is 11.9. The number of imide groups is 1. The number of ether oxygens (including phenoxy) is 2. The monoisotopic (exact) mass is 534 g/mol. The first-order chi connectivity index (χ1) is 18.3. The molecule has 0 saturated heterocycles. The molecule has 0 radical (unpaired) electrons. The highest BCUT2D eigenvalue weighted by Gasteiger charge is 2.30. The van der Waals surface area contributed by atoms with Crippen LogP contribution in [-0.4, -0.2) is 62.6 Å². The number of carbonyl (C=O) groups is 3. The lowest BCUT2D eigenvalue weighted by atomic mass is 9.97. The number of amides is 2. The summed E-state index contributed by atoms with van der Waals surface area (Å²) in [5.41, 5.74) is 1.77. The summed E-state index contributed by atoms with van der Waals surface area (Å²) in [4.78, 5) is 39.1. The third-order valence-corrected chi connectivity index (χ3v) is 5.89. The van der Waals surface area contributed by atoms with Gasteiger partial charge in [0.15, 0.2) is 0 Å². The molecule has 2 amide bonds. The van der Waals surface area contributed by atoms with Gasteiger partial charge in [0.1, 0.15) is 33.9 Å². The summed E-state index contributed by atoms with van der Waals surface area (Å²) in [7, 11) is 2.68. The maximum atomic E-state index is 13.7. The molecule has 4 aromatic rings. The Bertz CT molecular complexity index is 1610. The molecule has 39 heavy (non-hydrogen) atoms. The van der Waals surface area contributed by atoms with Gasteiger partial charge in [0.25, 0.3) is 5.91 Å². The number of rotatable bonds is 5. The molecule has 0 fully saturated rings. The van der Waals surface area contributed by atoms with Crippen LogP contribution in [-0.2, 0) is 4.74 Å². The van der Waals surface area contributed by atoms with Crippen molar-refractivity contribution in [2.45, 2.75) is 33.3 Å². The summed E-state index contributed by atoms with van der Waals surface area (Å²) < 4.78 is 25.5. The Hall–Kier alpha value is -4.80. The molecule has 2 heterocycles. The van der Waals surface area contributed by atoms with Crippen LogP contribution < -0.4 is 4.74 Å². The van der Waals surface area contributed by atoms with Crippen molar-refractivity contribution in [2.24, 2.45) is 0 Å². The molecule has 0 aliphatic rings. The van der Waals surface area contributed by atoms with Crippen LogP contribution in [0.5, 0.6) is 5.75 Å². The van der Waals surface area contributed by atoms with Crippen LogP contribution in [0.2, 0.25) is 0 Å². The van der Waals surface area contributed by atoms with Crippen molar-refractivity contribution in [2.75, 3.05) is 14.2 Å². The fraction of sp³-hybridized carbons (Fsp3) is 0.250. The molecular weight excluding hydrogens is 507 g/mol. The van der Waals surface area contributed by atoms with Crippen LogP contribution >= 0.6 is 0 Å². The number of nitrogens with zero attached hydrogens (tertiary/aromatic N) is 4. The lowest BCUT2D eigenvalue weighted by Crippen LogP contribution is -2.38. The highest BCUT2D eigenvalue weighted by Crippen LogP contribution is 2.33. The van der Waals surface area contributed by atoms with Crippen molar-refractivity contribution in [3.8, 4) is 28.1 Å². The average Bonchev–Trinajstić information content (AvgIpc) is 3.25. The molecule has 2 aromatic heterocycles. The number of aromatic nitrogens is 3. The normalized spacial score (nSPS) is 11.4. The molecule has 0 aliphatic carbocycles. The fourth-order valence-electron chi connectivity index (χ4n) is 4.02. The summed E-state index contributed by atoms with van der Waals surface area (Å²) in [6.07, 6.45) is 0.624. The fourth-order valence-corrected chi connectivity index (χ4v) is 4.02. The minimum Gasteiger partial charge on any atom is -0.496 e. The number of carbonyl (C=O) groups excluding carboxylic acids is 2. The van der Waals surface area contributed by atoms with Gasteiger partial charge in [0.05, 0.1) is 18.9 Å². The molecule has 11 heteroatoms. The first kappa shape index (κ1) is 27.2. The number of aromatic carboxylic acids is 1. The van der Waals surface area contributed by atoms with E-state index in [9.17, 15) is 23.9 Å². The Kier molecular flexibility index (Phi) is 7.10. The Morgan fingerprint density at radius 2 is 1.72 bits per heavy atom. The van der Waals surface area contributed by atoms with Gasteiger partial charge in [-0.1, -0.05) is 0 Å². The molecule has 0 unspecified atom stereocenters. The summed E-state index contributed by atoms with van der Waals surface area (Å²) in [5, 5.41) is 18.5. The predicted octanol–water partition coefficient (Wildman–Crippen LogP) is 5.22. The van der Waals surface area contributed by atoms with Crippen LogP contribution in [0.3, 0.4) is 0 Å². The topological polar surface area (TPSA) is 123 Å². The minimum absolute atomic E-state index is 0.0361. The number of hydrogen-bond donors (Lipinski definition) is 1. The van der Waals surface area contributed by atoms with E-state index in [0.717, 1.165) is 4.90 Å². The van der Waals surface area contributed by atoms with Gasteiger partial charge in [-0.3, -0.25) is 4.79 Å². The molecule has 10 nitrogen and oxygen atoms in total. The zero-order valence-electron chi connectivity index (χ0n) is 22.3. The molecule has 0 spiro atoms. The third-order valence-electron chi connectivity index (χ3n) is 5.89. The van der Waals surface area contributed by atoms with Crippen LogP contribution in [0.4, 0.5) is 9.18 Å². The van der Waals surface area contributed by atoms with E-state index in [2.05, 4.69) is 10.2 Å². The lowest BCUT2D eigenvalue weighted by molar-refractivity contribution is 0.0285. The van der Waals surface area contributed by atoms with Crippen molar-refractivity contribution in [1.29, 1.82) is 0 Å². The van der Waals surface area contributed by atoms with Crippen molar-refractivity contribution in [3.05, 3.63) is 71.2 Å². The summed E-state index contributed by atoms with van der Waals surface area (Å²) >= 11 is 0. The van der Waals surface area contributed by atoms with E-state index >= 15 is 0 Å². The van der Waals surface area contributed by atoms with E-state index in [1.54, 1.807) is 39.8 Å². The van der Waals surface area contributed by atoms with Gasteiger partial charge in [0, 0.05) is 18.2 Å². The number of fused-ring (bicyclic) bond motifs is 1. The molecule has 0 aliphatic heterocycles. The molecule has 0 saturated carbocycles. The molecule has 202 valence electrons. The Labute approximate surface area is 223 Å². The Balaban J connectivity index is 1.93. The summed E-state index contributed by atoms with van der Waals surface area (Å²) in [6, 6.07) is 10.1. The van der Waals surface area contributed by atoms with Gasteiger partial charge in [-0.2, -0.15) is 9.73 Å². The van der Waals surface area contributed by atoms with Gasteiger partial charge in [-0.05, 0) is 81.3 Å². The van der Waals surface area contributed by atoms with Crippen molar-refractivity contribution in [1.82, 2.24) is 19.7 Å². The van der Waals surface area contributed by atoms with E-state index in [1.807, 2.05) is 0 Å². The zero-order chi connectivity index (χ0) is 28.6. The van der Waals surface area contributed by atoms with Crippen LogP contribution in [0.1, 0.15) is 47.1 Å². The standard InChI is InChI=1S/C28H27FN4O6/c1-15-11-22(38-6)20(26(35)36)13-19(15)17-12-21-23(25(34)32(5)27(37)39-28(2,3)4)24(31-33(21)30-14-17)16-7-9-18(29)10-8-16/h7-14H,1-6H3,(H,35,36). The number of carboxylic acid groups (broad SMARTS) is 1. The quantitative estimate of drug-likeness (QED) is 0.369. The molecule has 0 atom stereocenters. The lowest BCUT2D eigenvalue weighted by Gasteiger charge is -2.23. The zero-order valence-corrected chi connectivity index (χ0v) is 22.3. The molecule has 2 aromatic carbocycles. The van der Waals surface area contributed by atoms with Crippen LogP contribution in [0, 0.1) is 12.7 Å². The maximum absolute atomic E-state index is 13.7. The SMILES string of the molecule is COc1cc(C)c(-c2cnn3nc(-c4ccc(F)cc4)c(C(=O)N(C)C(=O)OC(C)(C)C)c3c2)cc1C(=O)O. The summed E-state index contributed by atoms with van der Waals surface area (Å²) in [6.45, 7) is 6.83. The van der Waals surface area contributed by atoms with Gasteiger partial charge in [0.2, 0.25) is 0 Å². The molecule has 0 bridgehead atoms. The van der Waals surface area contributed by atoms with E-state index in [1.165, 1.54) is 55.3 Å². The second-order valence-corrected chi connectivity index (χ2v) is 9.87. The highest BCUT2D eigenvalue weighted by molar-refractivity contribution is 6.11. The van der Waals surface area contributed by atoms with E-state index < -0.39 is 29.4 Å². The van der Waals surface area contributed by atoms with Crippen LogP contribution in [0.15, 0.2) is 48.7 Å². The first-order valence-electron chi connectivity index (χ1n) is 11.9. The number of benzene rings is 2.